The standard InChI is InChI=1S/C10H5ClFN3.C2H6/c11-9-2-6-7-1-5(12)3-14-10(7)15-8(6)4-13-9;1-2/h1-4H,(H,14,15);1-2H3. The molecule has 17 heavy (non-hydrogen) atoms. The number of hydrogen-bond donors (Lipinski definition) is 1. The lowest BCUT2D eigenvalue weighted by Gasteiger charge is -1.91. The van der Waals surface area contributed by atoms with E-state index in [2.05, 4.69) is 15.0 Å². The smallest absolute Gasteiger partial charge is 0.142 e. The molecule has 3 aromatic rings. The highest BCUT2D eigenvalue weighted by atomic mass is 35.5. The van der Waals surface area contributed by atoms with Gasteiger partial charge in [-0.1, -0.05) is 25.4 Å². The molecule has 0 atom stereocenters. The van der Waals surface area contributed by atoms with Gasteiger partial charge in [-0.05, 0) is 12.1 Å². The molecule has 0 aromatic carbocycles. The topological polar surface area (TPSA) is 41.6 Å². The third kappa shape index (κ3) is 2.08. The summed E-state index contributed by atoms with van der Waals surface area (Å²) >= 11 is 5.78. The molecule has 0 saturated heterocycles. The molecular formula is C12H11ClFN3. The van der Waals surface area contributed by atoms with Crippen molar-refractivity contribution < 1.29 is 4.39 Å². The number of nitrogens with one attached hydrogen (secondary N) is 1. The predicted octanol–water partition coefficient (Wildman–Crippen LogP) is 3.93. The van der Waals surface area contributed by atoms with E-state index >= 15 is 0 Å². The fourth-order valence-electron chi connectivity index (χ4n) is 1.62. The van der Waals surface area contributed by atoms with Crippen molar-refractivity contribution in [1.82, 2.24) is 15.0 Å². The number of halogens is 2. The number of H-pyrrole nitrogens is 1. The van der Waals surface area contributed by atoms with Gasteiger partial charge in [0.15, 0.2) is 0 Å². The van der Waals surface area contributed by atoms with Crippen molar-refractivity contribution in [1.29, 1.82) is 0 Å². The molecule has 3 aromatic heterocycles. The van der Waals surface area contributed by atoms with Gasteiger partial charge in [0.1, 0.15) is 16.6 Å². The van der Waals surface area contributed by atoms with Crippen molar-refractivity contribution in [2.24, 2.45) is 0 Å². The van der Waals surface area contributed by atoms with Gasteiger partial charge in [-0.2, -0.15) is 0 Å². The van der Waals surface area contributed by atoms with Gasteiger partial charge in [0.25, 0.3) is 0 Å². The van der Waals surface area contributed by atoms with Crippen LogP contribution in [0.1, 0.15) is 13.8 Å². The minimum atomic E-state index is -0.365. The van der Waals surface area contributed by atoms with E-state index in [1.54, 1.807) is 12.3 Å². The molecule has 3 nitrogen and oxygen atoms in total. The van der Waals surface area contributed by atoms with Crippen molar-refractivity contribution in [2.45, 2.75) is 13.8 Å². The van der Waals surface area contributed by atoms with Crippen LogP contribution in [-0.4, -0.2) is 15.0 Å². The zero-order valence-electron chi connectivity index (χ0n) is 9.46. The summed E-state index contributed by atoms with van der Waals surface area (Å²) in [6.45, 7) is 4.00. The molecule has 0 bridgehead atoms. The molecule has 88 valence electrons. The van der Waals surface area contributed by atoms with E-state index in [4.69, 9.17) is 11.6 Å². The molecule has 1 N–H and O–H groups in total. The Morgan fingerprint density at radius 3 is 2.65 bits per heavy atom. The molecule has 0 fully saturated rings. The fraction of sp³-hybridized carbons (Fsp3) is 0.167. The molecule has 0 aliphatic heterocycles. The van der Waals surface area contributed by atoms with Gasteiger partial charge in [-0.15, -0.1) is 0 Å². The molecule has 0 aliphatic carbocycles. The average molecular weight is 252 g/mol. The highest BCUT2D eigenvalue weighted by Gasteiger charge is 2.06. The molecule has 0 radical (unpaired) electrons. The van der Waals surface area contributed by atoms with Crippen molar-refractivity contribution in [2.75, 3.05) is 0 Å². The van der Waals surface area contributed by atoms with Crippen LogP contribution in [0.25, 0.3) is 21.9 Å². The summed E-state index contributed by atoms with van der Waals surface area (Å²) in [6, 6.07) is 3.12. The van der Waals surface area contributed by atoms with E-state index in [0.29, 0.717) is 16.2 Å². The lowest BCUT2D eigenvalue weighted by molar-refractivity contribution is 0.624. The van der Waals surface area contributed by atoms with Gasteiger partial charge in [0, 0.05) is 10.8 Å². The molecule has 0 aliphatic rings. The van der Waals surface area contributed by atoms with Crippen molar-refractivity contribution in [3.8, 4) is 0 Å². The number of hydrogen-bond acceptors (Lipinski definition) is 2. The Kier molecular flexibility index (Phi) is 3.24. The van der Waals surface area contributed by atoms with Crippen LogP contribution in [0.5, 0.6) is 0 Å². The molecule has 0 spiro atoms. The number of nitrogens with zero attached hydrogens (tertiary/aromatic N) is 2. The maximum atomic E-state index is 13.0. The first-order valence-electron chi connectivity index (χ1n) is 5.32. The first kappa shape index (κ1) is 11.8. The Balaban J connectivity index is 0.000000514. The lowest BCUT2D eigenvalue weighted by Crippen LogP contribution is -1.78. The number of aromatic amines is 1. The lowest BCUT2D eigenvalue weighted by atomic mass is 10.2. The van der Waals surface area contributed by atoms with Gasteiger partial charge in [0.2, 0.25) is 0 Å². The zero-order valence-corrected chi connectivity index (χ0v) is 10.2. The SMILES string of the molecule is CC.Fc1cnc2[nH]c3cnc(Cl)cc3c2c1. The summed E-state index contributed by atoms with van der Waals surface area (Å²) in [5.74, 6) is -0.365. The zero-order chi connectivity index (χ0) is 12.4. The molecule has 5 heteroatoms. The van der Waals surface area contributed by atoms with Crippen LogP contribution in [0.15, 0.2) is 24.5 Å². The van der Waals surface area contributed by atoms with Gasteiger partial charge in [0.05, 0.1) is 17.9 Å². The quantitative estimate of drug-likeness (QED) is 0.615. The summed E-state index contributed by atoms with van der Waals surface area (Å²) in [4.78, 5) is 10.9. The summed E-state index contributed by atoms with van der Waals surface area (Å²) in [5.41, 5.74) is 1.43. The molecule has 0 saturated carbocycles. The van der Waals surface area contributed by atoms with E-state index in [1.165, 1.54) is 12.3 Å². The van der Waals surface area contributed by atoms with E-state index in [9.17, 15) is 4.39 Å². The van der Waals surface area contributed by atoms with Gasteiger partial charge >= 0.3 is 0 Å². The summed E-state index contributed by atoms with van der Waals surface area (Å²) in [5, 5.41) is 1.93. The largest absolute Gasteiger partial charge is 0.338 e. The van der Waals surface area contributed by atoms with Crippen LogP contribution in [0.2, 0.25) is 5.15 Å². The Hall–Kier alpha value is -1.68. The Bertz CT molecular complexity index is 607. The minimum absolute atomic E-state index is 0.365. The summed E-state index contributed by atoms with van der Waals surface area (Å²) in [6.07, 6.45) is 2.78. The molecule has 0 unspecified atom stereocenters. The number of rotatable bonds is 0. The van der Waals surface area contributed by atoms with Crippen molar-refractivity contribution >= 4 is 33.5 Å². The second-order valence-electron chi connectivity index (χ2n) is 3.23. The average Bonchev–Trinajstić information content (AvgIpc) is 2.69. The third-order valence-corrected chi connectivity index (χ3v) is 2.47. The van der Waals surface area contributed by atoms with E-state index in [-0.39, 0.29) is 5.82 Å². The van der Waals surface area contributed by atoms with Crippen LogP contribution < -0.4 is 0 Å². The Morgan fingerprint density at radius 1 is 1.12 bits per heavy atom. The molecular weight excluding hydrogens is 241 g/mol. The van der Waals surface area contributed by atoms with Crippen LogP contribution >= 0.6 is 11.6 Å². The predicted molar refractivity (Wildman–Crippen MR) is 67.7 cm³/mol. The van der Waals surface area contributed by atoms with Crippen LogP contribution in [0.3, 0.4) is 0 Å². The highest BCUT2D eigenvalue weighted by molar-refractivity contribution is 6.30. The molecule has 3 heterocycles. The molecule has 3 rings (SSSR count). The fourth-order valence-corrected chi connectivity index (χ4v) is 1.78. The number of fused-ring (bicyclic) bond motifs is 3. The number of pyridine rings is 2. The summed E-state index contributed by atoms with van der Waals surface area (Å²) < 4.78 is 13.0. The third-order valence-electron chi connectivity index (χ3n) is 2.27. The first-order chi connectivity index (χ1) is 8.24. The van der Waals surface area contributed by atoms with Crippen molar-refractivity contribution in [3.63, 3.8) is 0 Å². The van der Waals surface area contributed by atoms with Crippen LogP contribution in [-0.2, 0) is 0 Å². The van der Waals surface area contributed by atoms with Gasteiger partial charge in [-0.25, -0.2) is 14.4 Å². The highest BCUT2D eigenvalue weighted by Crippen LogP contribution is 2.25. The Labute approximate surface area is 103 Å². The molecule has 0 amide bonds. The van der Waals surface area contributed by atoms with Crippen LogP contribution in [0.4, 0.5) is 4.39 Å². The maximum Gasteiger partial charge on any atom is 0.142 e. The van der Waals surface area contributed by atoms with Crippen LogP contribution in [0, 0.1) is 5.82 Å². The van der Waals surface area contributed by atoms with E-state index < -0.39 is 0 Å². The monoisotopic (exact) mass is 251 g/mol. The number of aromatic nitrogens is 3. The Morgan fingerprint density at radius 2 is 1.88 bits per heavy atom. The van der Waals surface area contributed by atoms with Gasteiger partial charge < -0.3 is 4.98 Å². The van der Waals surface area contributed by atoms with E-state index in [0.717, 1.165) is 10.9 Å². The first-order valence-corrected chi connectivity index (χ1v) is 5.70. The normalized spacial score (nSPS) is 10.4. The summed E-state index contributed by atoms with van der Waals surface area (Å²) in [7, 11) is 0. The second-order valence-corrected chi connectivity index (χ2v) is 3.61. The maximum absolute atomic E-state index is 13.0. The van der Waals surface area contributed by atoms with Gasteiger partial charge in [-0.3, -0.25) is 0 Å². The minimum Gasteiger partial charge on any atom is -0.338 e. The van der Waals surface area contributed by atoms with Crippen molar-refractivity contribution in [3.05, 3.63) is 35.5 Å². The second kappa shape index (κ2) is 4.67. The van der Waals surface area contributed by atoms with E-state index in [1.807, 2.05) is 13.8 Å².